The highest BCUT2D eigenvalue weighted by Crippen LogP contribution is 2.27. The first-order chi connectivity index (χ1) is 7.46. The molecule has 0 saturated heterocycles. The largest absolute Gasteiger partial charge is 0.503 e. The zero-order chi connectivity index (χ0) is 14.0. The van der Waals surface area contributed by atoms with E-state index in [-0.39, 0.29) is 0 Å². The van der Waals surface area contributed by atoms with Crippen LogP contribution in [0.15, 0.2) is 0 Å². The van der Waals surface area contributed by atoms with E-state index in [1.807, 2.05) is 0 Å². The molecule has 1 aromatic carbocycles. The Bertz CT molecular complexity index is 359. The van der Waals surface area contributed by atoms with Gasteiger partial charge in [0.1, 0.15) is 0 Å². The maximum Gasteiger partial charge on any atom is 0.466 e. The topological polar surface area (TPSA) is 98.0 Å². The van der Waals surface area contributed by atoms with E-state index < -0.39 is 42.7 Å². The second-order valence-electron chi connectivity index (χ2n) is 2.43. The van der Waals surface area contributed by atoms with Gasteiger partial charge in [0.15, 0.2) is 5.75 Å². The molecule has 1 rings (SSSR count). The van der Waals surface area contributed by atoms with E-state index in [0.717, 1.165) is 0 Å². The number of phosphoric acid groups is 1. The van der Waals surface area contributed by atoms with Crippen LogP contribution in [0.4, 0.5) is 22.0 Å². The lowest BCUT2D eigenvalue weighted by Crippen LogP contribution is -2.00. The van der Waals surface area contributed by atoms with Gasteiger partial charge in [-0.2, -0.15) is 8.78 Å². The third-order valence-corrected chi connectivity index (χ3v) is 1.19. The molecule has 0 fully saturated rings. The summed E-state index contributed by atoms with van der Waals surface area (Å²) in [4.78, 5) is 21.6. The van der Waals surface area contributed by atoms with E-state index >= 15 is 0 Å². The smallest absolute Gasteiger partial charge is 0.466 e. The minimum absolute atomic E-state index is 1.87. The number of hydrogen-bond donors (Lipinski definition) is 4. The van der Waals surface area contributed by atoms with Gasteiger partial charge in [-0.3, -0.25) is 0 Å². The number of benzene rings is 1. The predicted octanol–water partition coefficient (Wildman–Crippen LogP) is 1.16. The van der Waals surface area contributed by atoms with Gasteiger partial charge in [-0.05, 0) is 0 Å². The molecule has 0 atom stereocenters. The fraction of sp³-hybridized carbons (Fsp3) is 0. The molecule has 0 spiro atoms. The summed E-state index contributed by atoms with van der Waals surface area (Å²) in [7, 11) is -4.64. The van der Waals surface area contributed by atoms with Crippen LogP contribution in [-0.4, -0.2) is 19.8 Å². The van der Waals surface area contributed by atoms with Gasteiger partial charge in [0.2, 0.25) is 29.1 Å². The molecular weight excluding hydrogens is 278 g/mol. The van der Waals surface area contributed by atoms with Crippen LogP contribution in [0.5, 0.6) is 5.75 Å². The Morgan fingerprint density at radius 3 is 1.12 bits per heavy atom. The molecule has 0 heterocycles. The Kier molecular flexibility index (Phi) is 5.02. The first-order valence-electron chi connectivity index (χ1n) is 3.45. The molecule has 98 valence electrons. The predicted molar refractivity (Wildman–Crippen MR) is 42.2 cm³/mol. The maximum absolute atomic E-state index is 12.2. The SMILES string of the molecule is O=P(O)(O)O.Oc1c(F)c(F)c(F)c(F)c1F. The Hall–Kier alpha value is -1.22. The van der Waals surface area contributed by atoms with Gasteiger partial charge in [0.05, 0.1) is 0 Å². The highest BCUT2D eigenvalue weighted by molar-refractivity contribution is 7.45. The maximum atomic E-state index is 12.2. The molecule has 0 aromatic heterocycles. The molecule has 0 bridgehead atoms. The van der Waals surface area contributed by atoms with Gasteiger partial charge < -0.3 is 19.8 Å². The number of aromatic hydroxyl groups is 1. The molecule has 0 saturated carbocycles. The quantitative estimate of drug-likeness (QED) is 0.248. The van der Waals surface area contributed by atoms with Crippen LogP contribution >= 0.6 is 7.82 Å². The van der Waals surface area contributed by atoms with Crippen molar-refractivity contribution in [3.8, 4) is 5.75 Å². The molecule has 0 aliphatic rings. The summed E-state index contributed by atoms with van der Waals surface area (Å²) in [6.07, 6.45) is 0. The van der Waals surface area contributed by atoms with Gasteiger partial charge in [0, 0.05) is 0 Å². The summed E-state index contributed by atoms with van der Waals surface area (Å²) < 4.78 is 69.5. The van der Waals surface area contributed by atoms with Crippen LogP contribution in [-0.2, 0) is 4.57 Å². The molecule has 0 amide bonds. The highest BCUT2D eigenvalue weighted by atomic mass is 31.2. The van der Waals surface area contributed by atoms with Crippen molar-refractivity contribution in [3.63, 3.8) is 0 Å². The minimum Gasteiger partial charge on any atom is -0.503 e. The fourth-order valence-electron chi connectivity index (χ4n) is 0.593. The van der Waals surface area contributed by atoms with E-state index in [2.05, 4.69) is 0 Å². The third kappa shape index (κ3) is 4.65. The first kappa shape index (κ1) is 15.8. The molecule has 5 nitrogen and oxygen atoms in total. The second-order valence-corrected chi connectivity index (χ2v) is 3.46. The molecule has 1 aromatic rings. The minimum atomic E-state index is -4.64. The van der Waals surface area contributed by atoms with Crippen LogP contribution in [0, 0.1) is 29.1 Å². The second kappa shape index (κ2) is 5.41. The molecule has 0 radical (unpaired) electrons. The standard InChI is InChI=1S/C6HF5O.H3O4P/c7-1-2(8)4(10)6(12)5(11)3(1)9;1-5(2,3)4/h12H;(H3,1,2,3,4). The van der Waals surface area contributed by atoms with Crippen molar-refractivity contribution in [1.29, 1.82) is 0 Å². The number of hydrogen-bond acceptors (Lipinski definition) is 2. The van der Waals surface area contributed by atoms with E-state index in [9.17, 15) is 22.0 Å². The summed E-state index contributed by atoms with van der Waals surface area (Å²) in [6, 6.07) is 0. The molecule has 4 N–H and O–H groups in total. The summed E-state index contributed by atoms with van der Waals surface area (Å²) in [5, 5.41) is 8.30. The Balaban J connectivity index is 0.000000437. The summed E-state index contributed by atoms with van der Waals surface area (Å²) >= 11 is 0. The Morgan fingerprint density at radius 2 is 0.882 bits per heavy atom. The summed E-state index contributed by atoms with van der Waals surface area (Å²) in [5.74, 6) is -12.9. The van der Waals surface area contributed by atoms with Crippen molar-refractivity contribution in [2.24, 2.45) is 0 Å². The number of rotatable bonds is 0. The van der Waals surface area contributed by atoms with Crippen molar-refractivity contribution in [1.82, 2.24) is 0 Å². The van der Waals surface area contributed by atoms with Gasteiger partial charge in [0.25, 0.3) is 0 Å². The Morgan fingerprint density at radius 1 is 0.706 bits per heavy atom. The van der Waals surface area contributed by atoms with Crippen LogP contribution in [0.3, 0.4) is 0 Å². The number of phenolic OH excluding ortho intramolecular Hbond substituents is 1. The van der Waals surface area contributed by atoms with Gasteiger partial charge >= 0.3 is 7.82 Å². The van der Waals surface area contributed by atoms with Gasteiger partial charge in [-0.15, -0.1) is 0 Å². The zero-order valence-corrected chi connectivity index (χ0v) is 8.43. The molecule has 17 heavy (non-hydrogen) atoms. The molecule has 11 heteroatoms. The molecule has 0 aliphatic heterocycles. The van der Waals surface area contributed by atoms with Gasteiger partial charge in [-0.25, -0.2) is 17.7 Å². The van der Waals surface area contributed by atoms with Crippen LogP contribution in [0.1, 0.15) is 0 Å². The normalized spacial score (nSPS) is 10.8. The lowest BCUT2D eigenvalue weighted by atomic mass is 10.3. The van der Waals surface area contributed by atoms with E-state index in [4.69, 9.17) is 24.4 Å². The van der Waals surface area contributed by atoms with E-state index in [1.54, 1.807) is 0 Å². The summed E-state index contributed by atoms with van der Waals surface area (Å²) in [5.41, 5.74) is 0. The van der Waals surface area contributed by atoms with Crippen molar-refractivity contribution in [3.05, 3.63) is 29.1 Å². The third-order valence-electron chi connectivity index (χ3n) is 1.19. The lowest BCUT2D eigenvalue weighted by molar-refractivity contribution is 0.275. The highest BCUT2D eigenvalue weighted by Gasteiger charge is 2.24. The lowest BCUT2D eigenvalue weighted by Gasteiger charge is -2.00. The van der Waals surface area contributed by atoms with Gasteiger partial charge in [-0.1, -0.05) is 0 Å². The average molecular weight is 282 g/mol. The van der Waals surface area contributed by atoms with Crippen molar-refractivity contribution in [2.75, 3.05) is 0 Å². The fourth-order valence-corrected chi connectivity index (χ4v) is 0.593. The van der Waals surface area contributed by atoms with E-state index in [0.29, 0.717) is 0 Å². The van der Waals surface area contributed by atoms with Crippen molar-refractivity contribution >= 4 is 7.82 Å². The molecule has 0 aliphatic carbocycles. The van der Waals surface area contributed by atoms with Crippen LogP contribution < -0.4 is 0 Å². The van der Waals surface area contributed by atoms with Crippen LogP contribution in [0.2, 0.25) is 0 Å². The van der Waals surface area contributed by atoms with Crippen molar-refractivity contribution < 1.29 is 46.3 Å². The zero-order valence-electron chi connectivity index (χ0n) is 7.53. The molecular formula is C6H4F5O5P. The monoisotopic (exact) mass is 282 g/mol. The summed E-state index contributed by atoms with van der Waals surface area (Å²) in [6.45, 7) is 0. The van der Waals surface area contributed by atoms with Crippen molar-refractivity contribution in [2.45, 2.75) is 0 Å². The van der Waals surface area contributed by atoms with Crippen LogP contribution in [0.25, 0.3) is 0 Å². The molecule has 0 unspecified atom stereocenters. The number of phenols is 1. The Labute approximate surface area is 90.0 Å². The first-order valence-corrected chi connectivity index (χ1v) is 5.02. The van der Waals surface area contributed by atoms with E-state index in [1.165, 1.54) is 0 Å². The average Bonchev–Trinajstić information content (AvgIpc) is 2.18. The number of halogens is 5.